The summed E-state index contributed by atoms with van der Waals surface area (Å²) in [6.45, 7) is 3.29. The van der Waals surface area contributed by atoms with Gasteiger partial charge in [-0.05, 0) is 23.8 Å². The topological polar surface area (TPSA) is 70.8 Å². The van der Waals surface area contributed by atoms with Gasteiger partial charge in [-0.2, -0.15) is 9.61 Å². The highest BCUT2D eigenvalue weighted by molar-refractivity contribution is 7.19. The van der Waals surface area contributed by atoms with Crippen LogP contribution >= 0.6 is 22.9 Å². The summed E-state index contributed by atoms with van der Waals surface area (Å²) < 4.78 is 1.34. The minimum atomic E-state index is -0.198. The highest BCUT2D eigenvalue weighted by Gasteiger charge is 2.21. The van der Waals surface area contributed by atoms with Crippen molar-refractivity contribution in [3.8, 4) is 10.6 Å². The van der Waals surface area contributed by atoms with E-state index >= 15 is 0 Å². The van der Waals surface area contributed by atoms with Crippen molar-refractivity contribution in [2.45, 2.75) is 6.54 Å². The van der Waals surface area contributed by atoms with E-state index in [-0.39, 0.29) is 11.5 Å². The monoisotopic (exact) mass is 491 g/mol. The Bertz CT molecular complexity index is 1390. The minimum Gasteiger partial charge on any atom is -0.337 e. The lowest BCUT2D eigenvalue weighted by molar-refractivity contribution is -0.127. The Morgan fingerprint density at radius 2 is 1.76 bits per heavy atom. The molecule has 0 bridgehead atoms. The molecule has 0 unspecified atom stereocenters. The summed E-state index contributed by atoms with van der Waals surface area (Å²) in [4.78, 5) is 34.4. The molecule has 0 saturated carbocycles. The molecule has 172 valence electrons. The van der Waals surface area contributed by atoms with Crippen molar-refractivity contribution in [3.05, 3.63) is 93.4 Å². The highest BCUT2D eigenvalue weighted by Crippen LogP contribution is 2.25. The third-order valence-corrected chi connectivity index (χ3v) is 6.89. The molecule has 1 saturated heterocycles. The maximum absolute atomic E-state index is 12.6. The maximum atomic E-state index is 12.6. The SMILES string of the molecule is O=C(C=Cc1ccccc1)N1CCN(Cc2cc(=O)n3nc(-c4ccc(Cl)cc4)sc3n2)CC1. The van der Waals surface area contributed by atoms with Crippen LogP contribution in [0, 0.1) is 0 Å². The number of fused-ring (bicyclic) bond motifs is 1. The fraction of sp³-hybridized carbons (Fsp3) is 0.200. The molecule has 3 heterocycles. The predicted molar refractivity (Wildman–Crippen MR) is 135 cm³/mol. The number of halogens is 1. The zero-order chi connectivity index (χ0) is 23.5. The van der Waals surface area contributed by atoms with Crippen LogP contribution < -0.4 is 5.56 Å². The Morgan fingerprint density at radius 1 is 1.03 bits per heavy atom. The van der Waals surface area contributed by atoms with Gasteiger partial charge in [-0.1, -0.05) is 65.4 Å². The van der Waals surface area contributed by atoms with Crippen molar-refractivity contribution in [2.75, 3.05) is 26.2 Å². The predicted octanol–water partition coefficient (Wildman–Crippen LogP) is 3.83. The van der Waals surface area contributed by atoms with Gasteiger partial charge >= 0.3 is 0 Å². The van der Waals surface area contributed by atoms with Gasteiger partial charge in [0.25, 0.3) is 5.56 Å². The smallest absolute Gasteiger partial charge is 0.275 e. The van der Waals surface area contributed by atoms with Crippen LogP contribution in [0.15, 0.2) is 71.5 Å². The van der Waals surface area contributed by atoms with E-state index in [4.69, 9.17) is 11.6 Å². The normalized spacial score (nSPS) is 14.8. The van der Waals surface area contributed by atoms with E-state index in [2.05, 4.69) is 15.0 Å². The maximum Gasteiger partial charge on any atom is 0.275 e. The largest absolute Gasteiger partial charge is 0.337 e. The Balaban J connectivity index is 1.23. The van der Waals surface area contributed by atoms with Crippen LogP contribution in [-0.2, 0) is 11.3 Å². The van der Waals surface area contributed by atoms with E-state index < -0.39 is 0 Å². The minimum absolute atomic E-state index is 0.0145. The standard InChI is InChI=1S/C25H22ClN5O2S/c26-20-9-7-19(8-10-20)24-28-31-23(33)16-21(27-25(31)34-24)17-29-12-14-30(15-13-29)22(32)11-6-18-4-2-1-3-5-18/h1-11,16H,12-15,17H2. The highest BCUT2D eigenvalue weighted by atomic mass is 35.5. The number of carbonyl (C=O) groups is 1. The average Bonchev–Trinajstić information content (AvgIpc) is 3.29. The number of carbonyl (C=O) groups excluding carboxylic acids is 1. The molecule has 2 aromatic carbocycles. The van der Waals surface area contributed by atoms with Gasteiger partial charge in [-0.15, -0.1) is 0 Å². The van der Waals surface area contributed by atoms with Crippen LogP contribution in [0.3, 0.4) is 0 Å². The molecule has 7 nitrogen and oxygen atoms in total. The molecule has 1 aliphatic rings. The molecule has 1 aliphatic heterocycles. The van der Waals surface area contributed by atoms with Gasteiger partial charge in [0.15, 0.2) is 0 Å². The lowest BCUT2D eigenvalue weighted by Crippen LogP contribution is -2.48. The first-order valence-corrected chi connectivity index (χ1v) is 12.1. The van der Waals surface area contributed by atoms with Crippen molar-refractivity contribution >= 4 is 39.9 Å². The number of hydrogen-bond donors (Lipinski definition) is 0. The Kier molecular flexibility index (Phi) is 6.53. The summed E-state index contributed by atoms with van der Waals surface area (Å²) in [6.07, 6.45) is 3.47. The molecular weight excluding hydrogens is 470 g/mol. The van der Waals surface area contributed by atoms with E-state index in [0.717, 1.165) is 24.2 Å². The van der Waals surface area contributed by atoms with Gasteiger partial charge in [0.1, 0.15) is 5.01 Å². The summed E-state index contributed by atoms with van der Waals surface area (Å²) in [5.41, 5.74) is 2.41. The van der Waals surface area contributed by atoms with E-state index in [1.165, 1.54) is 15.9 Å². The van der Waals surface area contributed by atoms with Gasteiger partial charge in [-0.25, -0.2) is 4.98 Å². The second-order valence-corrected chi connectivity index (χ2v) is 9.43. The van der Waals surface area contributed by atoms with Gasteiger partial charge in [-0.3, -0.25) is 14.5 Å². The summed E-state index contributed by atoms with van der Waals surface area (Å²) in [5, 5.41) is 5.79. The van der Waals surface area contributed by atoms with Gasteiger partial charge in [0.2, 0.25) is 10.9 Å². The molecule has 1 fully saturated rings. The number of hydrogen-bond acceptors (Lipinski definition) is 6. The number of rotatable bonds is 5. The van der Waals surface area contributed by atoms with Crippen LogP contribution in [-0.4, -0.2) is 56.5 Å². The first-order valence-electron chi connectivity index (χ1n) is 11.0. The molecule has 0 N–H and O–H groups in total. The second-order valence-electron chi connectivity index (χ2n) is 8.04. The van der Waals surface area contributed by atoms with E-state index in [1.807, 2.05) is 53.4 Å². The zero-order valence-electron chi connectivity index (χ0n) is 18.3. The molecule has 2 aromatic heterocycles. The van der Waals surface area contributed by atoms with E-state index in [1.54, 1.807) is 24.3 Å². The fourth-order valence-electron chi connectivity index (χ4n) is 3.84. The molecule has 34 heavy (non-hydrogen) atoms. The number of benzene rings is 2. The molecule has 0 spiro atoms. The first kappa shape index (κ1) is 22.5. The number of aromatic nitrogens is 3. The van der Waals surface area contributed by atoms with Crippen LogP contribution in [0.5, 0.6) is 0 Å². The molecule has 0 atom stereocenters. The quantitative estimate of drug-likeness (QED) is 0.397. The second kappa shape index (κ2) is 9.89. The molecule has 0 aliphatic carbocycles. The Morgan fingerprint density at radius 3 is 2.50 bits per heavy atom. The van der Waals surface area contributed by atoms with Crippen molar-refractivity contribution in [3.63, 3.8) is 0 Å². The van der Waals surface area contributed by atoms with Crippen LogP contribution in [0.4, 0.5) is 0 Å². The third-order valence-electron chi connectivity index (χ3n) is 5.68. The molecule has 4 aromatic rings. The number of amides is 1. The van der Waals surface area contributed by atoms with Crippen molar-refractivity contribution in [2.24, 2.45) is 0 Å². The molecule has 9 heteroatoms. The van der Waals surface area contributed by atoms with Crippen LogP contribution in [0.2, 0.25) is 5.02 Å². The lowest BCUT2D eigenvalue weighted by atomic mass is 10.2. The van der Waals surface area contributed by atoms with E-state index in [0.29, 0.717) is 40.3 Å². The first-order chi connectivity index (χ1) is 16.5. The molecule has 0 radical (unpaired) electrons. The van der Waals surface area contributed by atoms with Crippen LogP contribution in [0.1, 0.15) is 11.3 Å². The Hall–Kier alpha value is -3.33. The molecule has 1 amide bonds. The van der Waals surface area contributed by atoms with Gasteiger partial charge in [0.05, 0.1) is 5.69 Å². The van der Waals surface area contributed by atoms with Crippen molar-refractivity contribution < 1.29 is 4.79 Å². The van der Waals surface area contributed by atoms with Gasteiger partial charge in [0, 0.05) is 55.5 Å². The fourth-order valence-corrected chi connectivity index (χ4v) is 4.89. The average molecular weight is 492 g/mol. The third kappa shape index (κ3) is 5.09. The lowest BCUT2D eigenvalue weighted by Gasteiger charge is -2.34. The van der Waals surface area contributed by atoms with Crippen molar-refractivity contribution in [1.82, 2.24) is 24.4 Å². The molecular formula is C25H22ClN5O2S. The van der Waals surface area contributed by atoms with Gasteiger partial charge < -0.3 is 4.90 Å². The van der Waals surface area contributed by atoms with E-state index in [9.17, 15) is 9.59 Å². The summed E-state index contributed by atoms with van der Waals surface area (Å²) in [5.74, 6) is 0.0145. The Labute approximate surface area is 205 Å². The zero-order valence-corrected chi connectivity index (χ0v) is 19.9. The molecule has 5 rings (SSSR count). The number of nitrogens with zero attached hydrogens (tertiary/aromatic N) is 5. The summed E-state index contributed by atoms with van der Waals surface area (Å²) >= 11 is 7.34. The summed E-state index contributed by atoms with van der Waals surface area (Å²) in [7, 11) is 0. The van der Waals surface area contributed by atoms with Crippen LogP contribution in [0.25, 0.3) is 21.6 Å². The van der Waals surface area contributed by atoms with Crippen molar-refractivity contribution in [1.29, 1.82) is 0 Å². The number of piperazine rings is 1. The summed E-state index contributed by atoms with van der Waals surface area (Å²) in [6, 6.07) is 18.7.